The summed E-state index contributed by atoms with van der Waals surface area (Å²) in [6.45, 7) is 9.92. The Morgan fingerprint density at radius 1 is 0.958 bits per heavy atom. The largest absolute Gasteiger partial charge is 0.508 e. The Hall–Kier alpha value is -2.95. The van der Waals surface area contributed by atoms with E-state index in [1.54, 1.807) is 36.4 Å². The van der Waals surface area contributed by atoms with Crippen LogP contribution in [0.5, 0.6) is 5.75 Å². The summed E-state index contributed by atoms with van der Waals surface area (Å²) in [5.74, 6) is -0.0510. The number of amides is 1. The van der Waals surface area contributed by atoms with Crippen molar-refractivity contribution in [3.63, 3.8) is 0 Å². The van der Waals surface area contributed by atoms with Crippen LogP contribution in [0.25, 0.3) is 5.70 Å². The molecule has 0 spiro atoms. The molecule has 0 radical (unpaired) electrons. The molecule has 2 aromatic carbocycles. The van der Waals surface area contributed by atoms with Gasteiger partial charge in [0, 0.05) is 24.3 Å². The zero-order chi connectivity index (χ0) is 17.5. The Balaban J connectivity index is 1.94. The van der Waals surface area contributed by atoms with Gasteiger partial charge in [-0.1, -0.05) is 6.58 Å². The Morgan fingerprint density at radius 3 is 2.04 bits per heavy atom. The molecule has 0 aromatic heterocycles. The molecule has 0 unspecified atom stereocenters. The second kappa shape index (κ2) is 8.06. The highest BCUT2D eigenvalue weighted by molar-refractivity contribution is 5.94. The Labute approximate surface area is 142 Å². The van der Waals surface area contributed by atoms with Gasteiger partial charge in [-0.2, -0.15) is 0 Å². The maximum absolute atomic E-state index is 12.2. The molecule has 2 aromatic rings. The molecule has 0 bridgehead atoms. The van der Waals surface area contributed by atoms with Crippen LogP contribution in [-0.2, 0) is 0 Å². The number of hydrogen-bond donors (Lipinski definition) is 3. The standard InChI is InChI=1S/C19H23N3O2/c1-4-22(5-2)17-10-6-16(7-11-17)19(24)21-20-14(3)15-8-12-18(23)13-9-15/h6-13,20,23H,3-5H2,1-2H3,(H,21,24). The molecule has 0 aliphatic heterocycles. The number of benzene rings is 2. The highest BCUT2D eigenvalue weighted by atomic mass is 16.3. The number of rotatable bonds is 7. The van der Waals surface area contributed by atoms with Crippen LogP contribution in [0.2, 0.25) is 0 Å². The number of nitrogens with one attached hydrogen (secondary N) is 2. The number of hydrogen-bond acceptors (Lipinski definition) is 4. The molecule has 0 heterocycles. The van der Waals surface area contributed by atoms with Gasteiger partial charge in [0.05, 0.1) is 5.70 Å². The lowest BCUT2D eigenvalue weighted by Gasteiger charge is -2.21. The number of hydrazine groups is 1. The van der Waals surface area contributed by atoms with Crippen molar-refractivity contribution >= 4 is 17.3 Å². The number of anilines is 1. The number of phenols is 1. The van der Waals surface area contributed by atoms with Crippen molar-refractivity contribution in [3.8, 4) is 5.75 Å². The van der Waals surface area contributed by atoms with Crippen molar-refractivity contribution < 1.29 is 9.90 Å². The summed E-state index contributed by atoms with van der Waals surface area (Å²) in [6.07, 6.45) is 0. The molecule has 0 saturated carbocycles. The second-order valence-corrected chi connectivity index (χ2v) is 5.32. The monoisotopic (exact) mass is 325 g/mol. The molecule has 5 nitrogen and oxygen atoms in total. The van der Waals surface area contributed by atoms with Crippen LogP contribution < -0.4 is 15.8 Å². The quantitative estimate of drug-likeness (QED) is 0.684. The van der Waals surface area contributed by atoms with Gasteiger partial charge in [0.25, 0.3) is 5.91 Å². The first-order chi connectivity index (χ1) is 11.5. The minimum Gasteiger partial charge on any atom is -0.508 e. The van der Waals surface area contributed by atoms with E-state index in [-0.39, 0.29) is 11.7 Å². The van der Waals surface area contributed by atoms with Gasteiger partial charge >= 0.3 is 0 Å². The van der Waals surface area contributed by atoms with Gasteiger partial charge in [0.15, 0.2) is 0 Å². The lowest BCUT2D eigenvalue weighted by atomic mass is 10.1. The van der Waals surface area contributed by atoms with E-state index in [2.05, 4.69) is 36.2 Å². The summed E-state index contributed by atoms with van der Waals surface area (Å²) in [4.78, 5) is 14.4. The van der Waals surface area contributed by atoms with Gasteiger partial charge < -0.3 is 10.0 Å². The van der Waals surface area contributed by atoms with Crippen LogP contribution in [0.1, 0.15) is 29.8 Å². The fourth-order valence-corrected chi connectivity index (χ4v) is 2.35. The molecule has 5 heteroatoms. The van der Waals surface area contributed by atoms with Gasteiger partial charge in [0.1, 0.15) is 5.75 Å². The highest BCUT2D eigenvalue weighted by Crippen LogP contribution is 2.16. The van der Waals surface area contributed by atoms with Crippen LogP contribution in [0, 0.1) is 0 Å². The molecule has 0 atom stereocenters. The summed E-state index contributed by atoms with van der Waals surface area (Å²) in [5, 5.41) is 9.28. The lowest BCUT2D eigenvalue weighted by molar-refractivity contribution is 0.0942. The van der Waals surface area contributed by atoms with E-state index in [1.165, 1.54) is 0 Å². The number of carbonyl (C=O) groups is 1. The molecule has 0 aliphatic rings. The van der Waals surface area contributed by atoms with Gasteiger partial charge in [-0.05, 0) is 67.9 Å². The molecule has 2 rings (SSSR count). The number of nitrogens with zero attached hydrogens (tertiary/aromatic N) is 1. The Morgan fingerprint density at radius 2 is 1.50 bits per heavy atom. The van der Waals surface area contributed by atoms with Gasteiger partial charge in [-0.15, -0.1) is 0 Å². The molecule has 0 saturated heterocycles. The fourth-order valence-electron chi connectivity index (χ4n) is 2.35. The SMILES string of the molecule is C=C(NNC(=O)c1ccc(N(CC)CC)cc1)c1ccc(O)cc1. The maximum Gasteiger partial charge on any atom is 0.269 e. The predicted octanol–water partition coefficient (Wildman–Crippen LogP) is 3.14. The van der Waals surface area contributed by atoms with Crippen LogP contribution in [0.15, 0.2) is 55.1 Å². The predicted molar refractivity (Wildman–Crippen MR) is 97.7 cm³/mol. The van der Waals surface area contributed by atoms with E-state index in [0.717, 1.165) is 24.3 Å². The molecular formula is C19H23N3O2. The van der Waals surface area contributed by atoms with Gasteiger partial charge in [0.2, 0.25) is 0 Å². The Kier molecular flexibility index (Phi) is 5.84. The number of carbonyl (C=O) groups excluding carboxylic acids is 1. The molecular weight excluding hydrogens is 302 g/mol. The molecule has 0 fully saturated rings. The first kappa shape index (κ1) is 17.4. The van der Waals surface area contributed by atoms with Gasteiger partial charge in [-0.3, -0.25) is 15.6 Å². The summed E-state index contributed by atoms with van der Waals surface area (Å²) in [5.41, 5.74) is 8.40. The van der Waals surface area contributed by atoms with E-state index in [9.17, 15) is 9.90 Å². The maximum atomic E-state index is 12.2. The summed E-state index contributed by atoms with van der Waals surface area (Å²) < 4.78 is 0. The third-order valence-corrected chi connectivity index (χ3v) is 3.80. The molecule has 1 amide bonds. The smallest absolute Gasteiger partial charge is 0.269 e. The van der Waals surface area contributed by atoms with E-state index in [0.29, 0.717) is 11.3 Å². The Bertz CT molecular complexity index is 690. The summed E-state index contributed by atoms with van der Waals surface area (Å²) in [6, 6.07) is 14.0. The molecule has 24 heavy (non-hydrogen) atoms. The average molecular weight is 325 g/mol. The molecule has 126 valence electrons. The fraction of sp³-hybridized carbons (Fsp3) is 0.211. The van der Waals surface area contributed by atoms with E-state index >= 15 is 0 Å². The van der Waals surface area contributed by atoms with Crippen molar-refractivity contribution in [1.82, 2.24) is 10.9 Å². The highest BCUT2D eigenvalue weighted by Gasteiger charge is 2.08. The number of phenolic OH excluding ortho intramolecular Hbond substituents is 1. The summed E-state index contributed by atoms with van der Waals surface area (Å²) >= 11 is 0. The zero-order valence-electron chi connectivity index (χ0n) is 14.0. The third-order valence-electron chi connectivity index (χ3n) is 3.80. The van der Waals surface area contributed by atoms with E-state index in [1.807, 2.05) is 12.1 Å². The topological polar surface area (TPSA) is 64.6 Å². The van der Waals surface area contributed by atoms with Crippen molar-refractivity contribution in [2.75, 3.05) is 18.0 Å². The average Bonchev–Trinajstić information content (AvgIpc) is 2.61. The van der Waals surface area contributed by atoms with E-state index < -0.39 is 0 Å². The summed E-state index contributed by atoms with van der Waals surface area (Å²) in [7, 11) is 0. The molecule has 3 N–H and O–H groups in total. The van der Waals surface area contributed by atoms with Crippen LogP contribution in [-0.4, -0.2) is 24.1 Å². The van der Waals surface area contributed by atoms with E-state index in [4.69, 9.17) is 0 Å². The lowest BCUT2D eigenvalue weighted by Crippen LogP contribution is -2.35. The normalized spacial score (nSPS) is 10.1. The van der Waals surface area contributed by atoms with Crippen LogP contribution in [0.3, 0.4) is 0 Å². The van der Waals surface area contributed by atoms with Crippen molar-refractivity contribution in [2.45, 2.75) is 13.8 Å². The van der Waals surface area contributed by atoms with Crippen LogP contribution in [0.4, 0.5) is 5.69 Å². The minimum absolute atomic E-state index is 0.184. The molecule has 0 aliphatic carbocycles. The van der Waals surface area contributed by atoms with Crippen molar-refractivity contribution in [2.24, 2.45) is 0 Å². The first-order valence-electron chi connectivity index (χ1n) is 7.94. The third kappa shape index (κ3) is 4.29. The second-order valence-electron chi connectivity index (χ2n) is 5.32. The number of aromatic hydroxyl groups is 1. The van der Waals surface area contributed by atoms with Crippen molar-refractivity contribution in [1.29, 1.82) is 0 Å². The van der Waals surface area contributed by atoms with Crippen LogP contribution >= 0.6 is 0 Å². The first-order valence-corrected chi connectivity index (χ1v) is 7.94. The van der Waals surface area contributed by atoms with Crippen molar-refractivity contribution in [3.05, 3.63) is 66.2 Å². The van der Waals surface area contributed by atoms with Gasteiger partial charge in [-0.25, -0.2) is 0 Å². The minimum atomic E-state index is -0.235. The zero-order valence-corrected chi connectivity index (χ0v) is 14.0.